The minimum atomic E-state index is -3.90. The predicted octanol–water partition coefficient (Wildman–Crippen LogP) is 0.649. The summed E-state index contributed by atoms with van der Waals surface area (Å²) >= 11 is 0. The van der Waals surface area contributed by atoms with E-state index in [1.54, 1.807) is 0 Å². The molecule has 170 valence electrons. The summed E-state index contributed by atoms with van der Waals surface area (Å²) in [5.74, 6) is -0.892. The number of hydrogen-bond donors (Lipinski definition) is 1. The van der Waals surface area contributed by atoms with Crippen molar-refractivity contribution in [1.82, 2.24) is 19.4 Å². The number of carbonyl (C=O) groups excluding carboxylic acids is 2. The number of nitrogens with one attached hydrogen (secondary N) is 1. The first-order chi connectivity index (χ1) is 14.8. The highest BCUT2D eigenvalue weighted by molar-refractivity contribution is 7.89. The minimum absolute atomic E-state index is 0.0463. The molecule has 2 amide bonds. The van der Waals surface area contributed by atoms with E-state index in [4.69, 9.17) is 0 Å². The van der Waals surface area contributed by atoms with Crippen LogP contribution in [0.5, 0.6) is 0 Å². The third-order valence-electron chi connectivity index (χ3n) is 6.25. The van der Waals surface area contributed by atoms with Crippen LogP contribution in [0.25, 0.3) is 0 Å². The molecule has 1 aromatic carbocycles. The first-order valence-corrected chi connectivity index (χ1v) is 12.3. The number of nitrogens with zero attached hydrogens (tertiary/aromatic N) is 3. The van der Waals surface area contributed by atoms with E-state index >= 15 is 0 Å². The van der Waals surface area contributed by atoms with Crippen molar-refractivity contribution in [3.05, 3.63) is 30.1 Å². The molecule has 1 N–H and O–H groups in total. The van der Waals surface area contributed by atoms with Crippen molar-refractivity contribution < 1.29 is 22.4 Å². The van der Waals surface area contributed by atoms with Gasteiger partial charge in [0.25, 0.3) is 0 Å². The summed E-state index contributed by atoms with van der Waals surface area (Å²) in [7, 11) is -3.90. The molecule has 10 heteroatoms. The fourth-order valence-electron chi connectivity index (χ4n) is 4.22. The Balaban J connectivity index is 1.25. The number of hydrogen-bond acceptors (Lipinski definition) is 5. The fraction of sp³-hybridized carbons (Fsp3) is 0.619. The molecule has 0 bridgehead atoms. The lowest BCUT2D eigenvalue weighted by Gasteiger charge is -2.38. The molecule has 0 aromatic heterocycles. The topological polar surface area (TPSA) is 90.0 Å². The highest BCUT2D eigenvalue weighted by Gasteiger charge is 2.35. The molecule has 31 heavy (non-hydrogen) atoms. The zero-order valence-corrected chi connectivity index (χ0v) is 18.3. The van der Waals surface area contributed by atoms with E-state index in [0.29, 0.717) is 51.6 Å². The monoisotopic (exact) mass is 452 g/mol. The van der Waals surface area contributed by atoms with Crippen molar-refractivity contribution in [2.24, 2.45) is 5.92 Å². The van der Waals surface area contributed by atoms with Crippen molar-refractivity contribution in [3.8, 4) is 0 Å². The molecule has 2 heterocycles. The largest absolute Gasteiger partial charge is 0.352 e. The van der Waals surface area contributed by atoms with Gasteiger partial charge in [0.2, 0.25) is 21.8 Å². The van der Waals surface area contributed by atoms with Crippen LogP contribution < -0.4 is 5.32 Å². The molecule has 3 fully saturated rings. The maximum atomic E-state index is 14.0. The average Bonchev–Trinajstić information content (AvgIpc) is 3.58. The van der Waals surface area contributed by atoms with Crippen LogP contribution in [0.1, 0.15) is 25.7 Å². The van der Waals surface area contributed by atoms with Gasteiger partial charge in [-0.25, -0.2) is 12.8 Å². The third-order valence-corrected chi connectivity index (χ3v) is 8.18. The predicted molar refractivity (Wildman–Crippen MR) is 112 cm³/mol. The average molecular weight is 453 g/mol. The number of carbonyl (C=O) groups is 2. The zero-order chi connectivity index (χ0) is 22.0. The summed E-state index contributed by atoms with van der Waals surface area (Å²) in [6.07, 6.45) is 2.98. The van der Waals surface area contributed by atoms with E-state index in [-0.39, 0.29) is 35.7 Å². The molecule has 0 radical (unpaired) electrons. The highest BCUT2D eigenvalue weighted by Crippen LogP contribution is 2.26. The first-order valence-electron chi connectivity index (χ1n) is 10.9. The van der Waals surface area contributed by atoms with Crippen LogP contribution in [0.3, 0.4) is 0 Å². The Labute approximate surface area is 182 Å². The molecular weight excluding hydrogens is 423 g/mol. The van der Waals surface area contributed by atoms with Gasteiger partial charge in [-0.2, -0.15) is 4.31 Å². The zero-order valence-electron chi connectivity index (χ0n) is 17.5. The molecule has 0 unspecified atom stereocenters. The van der Waals surface area contributed by atoms with Crippen LogP contribution in [0.15, 0.2) is 29.2 Å². The number of rotatable bonds is 6. The number of amides is 2. The SMILES string of the molecule is O=C(CN1CCN(C(=O)C2CCN(S(=O)(=O)c3ccccc3F)CC2)CC1)NC1CC1. The molecule has 1 aliphatic carbocycles. The van der Waals surface area contributed by atoms with E-state index < -0.39 is 15.8 Å². The van der Waals surface area contributed by atoms with E-state index in [1.807, 2.05) is 4.90 Å². The molecule has 1 aromatic rings. The van der Waals surface area contributed by atoms with Gasteiger partial charge in [-0.05, 0) is 37.8 Å². The second-order valence-corrected chi connectivity index (χ2v) is 10.5. The second kappa shape index (κ2) is 9.22. The lowest BCUT2D eigenvalue weighted by molar-refractivity contribution is -0.138. The molecular formula is C21H29FN4O4S. The van der Waals surface area contributed by atoms with Crippen LogP contribution in [-0.2, 0) is 19.6 Å². The van der Waals surface area contributed by atoms with Crippen molar-refractivity contribution in [3.63, 3.8) is 0 Å². The number of piperidine rings is 1. The Morgan fingerprint density at radius 2 is 1.61 bits per heavy atom. The van der Waals surface area contributed by atoms with Gasteiger partial charge < -0.3 is 10.2 Å². The third kappa shape index (κ3) is 5.24. The molecule has 2 aliphatic heterocycles. The summed E-state index contributed by atoms with van der Waals surface area (Å²) in [5, 5.41) is 2.98. The second-order valence-electron chi connectivity index (χ2n) is 8.55. The van der Waals surface area contributed by atoms with Gasteiger partial charge in [0, 0.05) is 51.2 Å². The highest BCUT2D eigenvalue weighted by atomic mass is 32.2. The van der Waals surface area contributed by atoms with Gasteiger partial charge in [0.05, 0.1) is 6.54 Å². The van der Waals surface area contributed by atoms with Gasteiger partial charge in [-0.3, -0.25) is 14.5 Å². The molecule has 1 saturated carbocycles. The van der Waals surface area contributed by atoms with E-state index in [0.717, 1.165) is 18.9 Å². The lowest BCUT2D eigenvalue weighted by atomic mass is 9.96. The van der Waals surface area contributed by atoms with Crippen LogP contribution in [-0.4, -0.2) is 86.2 Å². The van der Waals surface area contributed by atoms with Gasteiger partial charge in [0.15, 0.2) is 0 Å². The summed E-state index contributed by atoms with van der Waals surface area (Å²) < 4.78 is 40.7. The molecule has 0 spiro atoms. The summed E-state index contributed by atoms with van der Waals surface area (Å²) in [6, 6.07) is 5.72. The normalized spacial score (nSPS) is 21.8. The van der Waals surface area contributed by atoms with E-state index in [1.165, 1.54) is 22.5 Å². The molecule has 8 nitrogen and oxygen atoms in total. The Morgan fingerprint density at radius 3 is 2.23 bits per heavy atom. The fourth-order valence-corrected chi connectivity index (χ4v) is 5.76. The van der Waals surface area contributed by atoms with E-state index in [2.05, 4.69) is 10.2 Å². The maximum absolute atomic E-state index is 14.0. The standard InChI is InChI=1S/C21H29FN4O4S/c22-18-3-1-2-4-19(18)31(29,30)26-9-7-16(8-10-26)21(28)25-13-11-24(12-14-25)15-20(27)23-17-5-6-17/h1-4,16-17H,5-15H2,(H,23,27). The summed E-state index contributed by atoms with van der Waals surface area (Å²) in [5.41, 5.74) is 0. The molecule has 2 saturated heterocycles. The van der Waals surface area contributed by atoms with Gasteiger partial charge in [-0.15, -0.1) is 0 Å². The van der Waals surface area contributed by atoms with Crippen molar-refractivity contribution in [2.75, 3.05) is 45.8 Å². The Morgan fingerprint density at radius 1 is 0.968 bits per heavy atom. The van der Waals surface area contributed by atoms with Crippen molar-refractivity contribution in [1.29, 1.82) is 0 Å². The Hall–Kier alpha value is -2.04. The quantitative estimate of drug-likeness (QED) is 0.685. The maximum Gasteiger partial charge on any atom is 0.245 e. The van der Waals surface area contributed by atoms with Crippen LogP contribution in [0.2, 0.25) is 0 Å². The van der Waals surface area contributed by atoms with Crippen molar-refractivity contribution >= 4 is 21.8 Å². The summed E-state index contributed by atoms with van der Waals surface area (Å²) in [4.78, 5) is 28.4. The molecule has 3 aliphatic rings. The van der Waals surface area contributed by atoms with Crippen LogP contribution in [0.4, 0.5) is 4.39 Å². The minimum Gasteiger partial charge on any atom is -0.352 e. The van der Waals surface area contributed by atoms with Gasteiger partial charge in [-0.1, -0.05) is 12.1 Å². The summed E-state index contributed by atoms with van der Waals surface area (Å²) in [6.45, 7) is 3.23. The van der Waals surface area contributed by atoms with Crippen LogP contribution in [0, 0.1) is 11.7 Å². The number of halogens is 1. The van der Waals surface area contributed by atoms with Crippen molar-refractivity contribution in [2.45, 2.75) is 36.6 Å². The first kappa shape index (κ1) is 22.2. The number of piperazine rings is 1. The molecule has 4 rings (SSSR count). The smallest absolute Gasteiger partial charge is 0.245 e. The number of benzene rings is 1. The Bertz CT molecular complexity index is 921. The van der Waals surface area contributed by atoms with E-state index in [9.17, 15) is 22.4 Å². The number of sulfonamides is 1. The lowest BCUT2D eigenvalue weighted by Crippen LogP contribution is -2.53. The van der Waals surface area contributed by atoms with Gasteiger partial charge in [0.1, 0.15) is 10.7 Å². The molecule has 0 atom stereocenters. The van der Waals surface area contributed by atoms with Gasteiger partial charge >= 0.3 is 0 Å². The van der Waals surface area contributed by atoms with Crippen LogP contribution >= 0.6 is 0 Å². The Kier molecular flexibility index (Phi) is 6.59.